The molecule has 1 aliphatic rings. The Balaban J connectivity index is 2.04. The van der Waals surface area contributed by atoms with Crippen molar-refractivity contribution in [2.45, 2.75) is 26.3 Å². The molecule has 1 heterocycles. The molecule has 0 radical (unpaired) electrons. The average Bonchev–Trinajstić information content (AvgIpc) is 2.27. The van der Waals surface area contributed by atoms with Gasteiger partial charge in [0.15, 0.2) is 0 Å². The van der Waals surface area contributed by atoms with Gasteiger partial charge in [0.2, 0.25) is 0 Å². The molecule has 0 amide bonds. The van der Waals surface area contributed by atoms with E-state index in [4.69, 9.17) is 5.11 Å². The van der Waals surface area contributed by atoms with Crippen molar-refractivity contribution in [3.05, 3.63) is 34.9 Å². The van der Waals surface area contributed by atoms with E-state index in [1.165, 1.54) is 19.1 Å². The maximum atomic E-state index is 13.8. The monoisotopic (exact) mass is 269 g/mol. The van der Waals surface area contributed by atoms with Gasteiger partial charge in [-0.05, 0) is 37.5 Å². The number of carbonyl (C=O) groups is 1. The third-order valence-electron chi connectivity index (χ3n) is 3.72. The summed E-state index contributed by atoms with van der Waals surface area (Å²) in [5, 5.41) is 8.67. The van der Waals surface area contributed by atoms with Crippen LogP contribution in [0.25, 0.3) is 0 Å². The second-order valence-electron chi connectivity index (χ2n) is 5.22. The highest BCUT2D eigenvalue weighted by atomic mass is 19.1. The number of hydrogen-bond donors (Lipinski definition) is 1. The minimum Gasteiger partial charge on any atom is -0.481 e. The Bertz CT molecular complexity index is 498. The first-order valence-corrected chi connectivity index (χ1v) is 6.30. The molecule has 0 aliphatic carbocycles. The van der Waals surface area contributed by atoms with E-state index in [0.29, 0.717) is 24.2 Å². The summed E-state index contributed by atoms with van der Waals surface area (Å²) >= 11 is 0. The second kappa shape index (κ2) is 5.25. The van der Waals surface area contributed by atoms with Gasteiger partial charge in [-0.15, -0.1) is 0 Å². The number of rotatable bonds is 4. The van der Waals surface area contributed by atoms with E-state index in [2.05, 4.69) is 0 Å². The van der Waals surface area contributed by atoms with Gasteiger partial charge < -0.3 is 5.11 Å². The first-order valence-electron chi connectivity index (χ1n) is 6.30. The minimum absolute atomic E-state index is 0.110. The van der Waals surface area contributed by atoms with E-state index in [-0.39, 0.29) is 18.4 Å². The Hall–Kier alpha value is -1.49. The Morgan fingerprint density at radius 1 is 1.42 bits per heavy atom. The molecule has 0 aromatic heterocycles. The Morgan fingerprint density at radius 3 is 2.63 bits per heavy atom. The molecule has 1 saturated heterocycles. The zero-order chi connectivity index (χ0) is 14.2. The highest BCUT2D eigenvalue weighted by Crippen LogP contribution is 2.32. The van der Waals surface area contributed by atoms with Crippen LogP contribution in [0.5, 0.6) is 0 Å². The molecule has 3 nitrogen and oxygen atoms in total. The number of halogens is 2. The minimum atomic E-state index is -0.815. The van der Waals surface area contributed by atoms with Gasteiger partial charge in [-0.3, -0.25) is 9.69 Å². The number of aryl methyl sites for hydroxylation is 1. The van der Waals surface area contributed by atoms with Crippen LogP contribution >= 0.6 is 0 Å². The summed E-state index contributed by atoms with van der Waals surface area (Å²) in [4.78, 5) is 12.5. The lowest BCUT2D eigenvalue weighted by Crippen LogP contribution is -2.48. The molecule has 0 bridgehead atoms. The molecule has 2 rings (SSSR count). The zero-order valence-corrected chi connectivity index (χ0v) is 11.0. The molecule has 5 heteroatoms. The molecular weight excluding hydrogens is 252 g/mol. The number of likely N-dealkylation sites (tertiary alicyclic amines) is 1. The third kappa shape index (κ3) is 2.92. The topological polar surface area (TPSA) is 40.5 Å². The van der Waals surface area contributed by atoms with Crippen molar-refractivity contribution in [1.29, 1.82) is 0 Å². The van der Waals surface area contributed by atoms with Gasteiger partial charge in [-0.1, -0.05) is 0 Å². The van der Waals surface area contributed by atoms with E-state index in [1.807, 2.05) is 11.8 Å². The molecule has 1 N–H and O–H groups in total. The first-order chi connectivity index (χ1) is 8.88. The van der Waals surface area contributed by atoms with Crippen molar-refractivity contribution in [2.75, 3.05) is 13.1 Å². The molecule has 1 fully saturated rings. The number of hydrogen-bond acceptors (Lipinski definition) is 2. The lowest BCUT2D eigenvalue weighted by Gasteiger charge is -2.43. The summed E-state index contributed by atoms with van der Waals surface area (Å²) in [5.74, 6) is -1.53. The molecule has 1 aliphatic heterocycles. The van der Waals surface area contributed by atoms with Gasteiger partial charge in [-0.25, -0.2) is 8.78 Å². The van der Waals surface area contributed by atoms with Crippen LogP contribution in [0.2, 0.25) is 0 Å². The molecule has 1 atom stereocenters. The van der Waals surface area contributed by atoms with Crippen molar-refractivity contribution in [2.24, 2.45) is 5.92 Å². The maximum absolute atomic E-state index is 13.8. The fraction of sp³-hybridized carbons (Fsp3) is 0.500. The van der Waals surface area contributed by atoms with Crippen LogP contribution in [0.4, 0.5) is 8.78 Å². The van der Waals surface area contributed by atoms with Crippen LogP contribution in [0.3, 0.4) is 0 Å². The molecule has 1 aromatic carbocycles. The summed E-state index contributed by atoms with van der Waals surface area (Å²) in [7, 11) is 0. The lowest BCUT2D eigenvalue weighted by molar-refractivity contribution is -0.139. The van der Waals surface area contributed by atoms with Crippen molar-refractivity contribution in [3.63, 3.8) is 0 Å². The number of benzene rings is 1. The van der Waals surface area contributed by atoms with Crippen LogP contribution in [0, 0.1) is 24.5 Å². The third-order valence-corrected chi connectivity index (χ3v) is 3.72. The van der Waals surface area contributed by atoms with Crippen LogP contribution in [0.1, 0.15) is 30.5 Å². The second-order valence-corrected chi connectivity index (χ2v) is 5.22. The average molecular weight is 269 g/mol. The molecule has 1 aromatic rings. The van der Waals surface area contributed by atoms with E-state index in [9.17, 15) is 13.6 Å². The van der Waals surface area contributed by atoms with Gasteiger partial charge in [0.25, 0.3) is 0 Å². The van der Waals surface area contributed by atoms with Crippen LogP contribution in [-0.4, -0.2) is 29.1 Å². The van der Waals surface area contributed by atoms with Crippen LogP contribution < -0.4 is 0 Å². The lowest BCUT2D eigenvalue weighted by atomic mass is 9.92. The number of carboxylic acid groups (broad SMARTS) is 1. The summed E-state index contributed by atoms with van der Waals surface area (Å²) in [6.45, 7) is 4.56. The molecular formula is C14H17F2NO2. The molecule has 19 heavy (non-hydrogen) atoms. The highest BCUT2D eigenvalue weighted by molar-refractivity contribution is 5.67. The standard InChI is InChI=1S/C14H17F2NO2/c1-8-3-13(16)11(5-12(8)15)9(2)17-6-10(7-17)4-14(18)19/h3,5,9-10H,4,6-7H2,1-2H3,(H,18,19). The highest BCUT2D eigenvalue weighted by Gasteiger charge is 2.33. The van der Waals surface area contributed by atoms with E-state index in [0.717, 1.165) is 0 Å². The smallest absolute Gasteiger partial charge is 0.303 e. The van der Waals surface area contributed by atoms with Gasteiger partial charge in [0.1, 0.15) is 11.6 Å². The molecule has 0 saturated carbocycles. The van der Waals surface area contributed by atoms with E-state index < -0.39 is 17.6 Å². The normalized spacial score (nSPS) is 18.1. The number of aliphatic carboxylic acids is 1. The molecule has 104 valence electrons. The Labute approximate surface area is 110 Å². The first kappa shape index (κ1) is 13.9. The quantitative estimate of drug-likeness (QED) is 0.913. The molecule has 1 unspecified atom stereocenters. The zero-order valence-electron chi connectivity index (χ0n) is 11.0. The van der Waals surface area contributed by atoms with Gasteiger partial charge in [-0.2, -0.15) is 0 Å². The van der Waals surface area contributed by atoms with Gasteiger partial charge >= 0.3 is 5.97 Å². The summed E-state index contributed by atoms with van der Waals surface area (Å²) < 4.78 is 27.3. The summed E-state index contributed by atoms with van der Waals surface area (Å²) in [6, 6.07) is 2.20. The molecule has 0 spiro atoms. The number of carboxylic acids is 1. The Kier molecular flexibility index (Phi) is 3.85. The predicted molar refractivity (Wildman–Crippen MR) is 66.8 cm³/mol. The maximum Gasteiger partial charge on any atom is 0.303 e. The largest absolute Gasteiger partial charge is 0.481 e. The van der Waals surface area contributed by atoms with Crippen molar-refractivity contribution < 1.29 is 18.7 Å². The van der Waals surface area contributed by atoms with Crippen molar-refractivity contribution >= 4 is 5.97 Å². The van der Waals surface area contributed by atoms with Crippen LogP contribution in [-0.2, 0) is 4.79 Å². The fourth-order valence-corrected chi connectivity index (χ4v) is 2.48. The van der Waals surface area contributed by atoms with Crippen molar-refractivity contribution in [1.82, 2.24) is 4.90 Å². The summed E-state index contributed by atoms with van der Waals surface area (Å²) in [6.07, 6.45) is 0.133. The Morgan fingerprint density at radius 2 is 2.05 bits per heavy atom. The van der Waals surface area contributed by atoms with Gasteiger partial charge in [0, 0.05) is 24.7 Å². The summed E-state index contributed by atoms with van der Waals surface area (Å²) in [5.41, 5.74) is 0.623. The number of nitrogens with zero attached hydrogens (tertiary/aromatic N) is 1. The van der Waals surface area contributed by atoms with Crippen LogP contribution in [0.15, 0.2) is 12.1 Å². The van der Waals surface area contributed by atoms with Crippen molar-refractivity contribution in [3.8, 4) is 0 Å². The predicted octanol–water partition coefficient (Wildman–Crippen LogP) is 2.74. The SMILES string of the molecule is Cc1cc(F)c(C(C)N2CC(CC(=O)O)C2)cc1F. The van der Waals surface area contributed by atoms with E-state index >= 15 is 0 Å². The van der Waals surface area contributed by atoms with Gasteiger partial charge in [0.05, 0.1) is 6.42 Å². The fourth-order valence-electron chi connectivity index (χ4n) is 2.48. The van der Waals surface area contributed by atoms with E-state index in [1.54, 1.807) is 0 Å².